The van der Waals surface area contributed by atoms with Crippen LogP contribution in [0.3, 0.4) is 0 Å². The highest BCUT2D eigenvalue weighted by Gasteiger charge is 2.22. The van der Waals surface area contributed by atoms with Gasteiger partial charge < -0.3 is 9.64 Å². The van der Waals surface area contributed by atoms with Gasteiger partial charge >= 0.3 is 0 Å². The van der Waals surface area contributed by atoms with Gasteiger partial charge in [-0.2, -0.15) is 0 Å². The average molecular weight is 229 g/mol. The number of rotatable bonds is 0. The van der Waals surface area contributed by atoms with Gasteiger partial charge in [0.25, 0.3) is 5.91 Å². The number of fused-ring (bicyclic) bond motifs is 2. The van der Waals surface area contributed by atoms with Crippen LogP contribution in [0.4, 0.5) is 5.69 Å². The lowest BCUT2D eigenvalue weighted by molar-refractivity contribution is -0.120. The first-order valence-electron chi connectivity index (χ1n) is 5.32. The zero-order chi connectivity index (χ0) is 12.0. The van der Waals surface area contributed by atoms with Crippen molar-refractivity contribution in [3.8, 4) is 5.75 Å². The van der Waals surface area contributed by atoms with Crippen molar-refractivity contribution in [2.45, 2.75) is 6.92 Å². The van der Waals surface area contributed by atoms with Crippen LogP contribution in [-0.4, -0.2) is 29.5 Å². The SMILES string of the molecule is Cc1ncc2cc3c(cc2n1)OCC(=O)N3C. The van der Waals surface area contributed by atoms with Crippen molar-refractivity contribution in [2.75, 3.05) is 18.6 Å². The Balaban J connectivity index is 2.25. The van der Waals surface area contributed by atoms with Crippen LogP contribution in [0.5, 0.6) is 5.75 Å². The number of likely N-dealkylation sites (N-methyl/N-ethyl adjacent to an activating group) is 1. The number of anilines is 1. The Morgan fingerprint density at radius 3 is 3.06 bits per heavy atom. The van der Waals surface area contributed by atoms with Crippen LogP contribution in [0, 0.1) is 6.92 Å². The van der Waals surface area contributed by atoms with Crippen LogP contribution < -0.4 is 9.64 Å². The summed E-state index contributed by atoms with van der Waals surface area (Å²) >= 11 is 0. The van der Waals surface area contributed by atoms with E-state index in [1.165, 1.54) is 0 Å². The van der Waals surface area contributed by atoms with Crippen molar-refractivity contribution in [1.29, 1.82) is 0 Å². The molecule has 0 atom stereocenters. The van der Waals surface area contributed by atoms with E-state index in [9.17, 15) is 4.79 Å². The molecule has 0 fully saturated rings. The third kappa shape index (κ3) is 1.51. The molecule has 2 aromatic rings. The molecule has 1 aliphatic rings. The Labute approximate surface area is 98.0 Å². The number of ether oxygens (including phenoxy) is 1. The highest BCUT2D eigenvalue weighted by Crippen LogP contribution is 2.34. The topological polar surface area (TPSA) is 55.3 Å². The normalized spacial score (nSPS) is 14.7. The zero-order valence-corrected chi connectivity index (χ0v) is 9.60. The molecule has 0 radical (unpaired) electrons. The molecule has 0 bridgehead atoms. The fourth-order valence-corrected chi connectivity index (χ4v) is 1.89. The summed E-state index contributed by atoms with van der Waals surface area (Å²) < 4.78 is 5.40. The van der Waals surface area contributed by atoms with E-state index in [2.05, 4.69) is 9.97 Å². The highest BCUT2D eigenvalue weighted by atomic mass is 16.5. The van der Waals surface area contributed by atoms with E-state index < -0.39 is 0 Å². The molecule has 1 amide bonds. The Hall–Kier alpha value is -2.17. The summed E-state index contributed by atoms with van der Waals surface area (Å²) in [5.41, 5.74) is 1.60. The van der Waals surface area contributed by atoms with Gasteiger partial charge in [0.15, 0.2) is 6.61 Å². The fourth-order valence-electron chi connectivity index (χ4n) is 1.89. The number of benzene rings is 1. The first kappa shape index (κ1) is 10.0. The molecule has 3 rings (SSSR count). The number of carbonyl (C=O) groups excluding carboxylic acids is 1. The molecule has 17 heavy (non-hydrogen) atoms. The van der Waals surface area contributed by atoms with Gasteiger partial charge in [0, 0.05) is 24.7 Å². The zero-order valence-electron chi connectivity index (χ0n) is 9.60. The minimum atomic E-state index is -0.0510. The molecule has 1 aliphatic heterocycles. The molecule has 0 saturated carbocycles. The minimum absolute atomic E-state index is 0.0510. The Morgan fingerprint density at radius 2 is 2.24 bits per heavy atom. The first-order chi connectivity index (χ1) is 8.15. The quantitative estimate of drug-likeness (QED) is 0.683. The standard InChI is InChI=1S/C12H11N3O2/c1-7-13-5-8-3-10-11(4-9(8)14-7)17-6-12(16)15(10)2/h3-5H,6H2,1-2H3. The molecule has 0 unspecified atom stereocenters. The minimum Gasteiger partial charge on any atom is -0.481 e. The summed E-state index contributed by atoms with van der Waals surface area (Å²) in [6.07, 6.45) is 1.75. The number of aromatic nitrogens is 2. The Morgan fingerprint density at radius 1 is 1.41 bits per heavy atom. The molecule has 5 heteroatoms. The largest absolute Gasteiger partial charge is 0.481 e. The monoisotopic (exact) mass is 229 g/mol. The van der Waals surface area contributed by atoms with Gasteiger partial charge in [-0.3, -0.25) is 4.79 Å². The number of nitrogens with zero attached hydrogens (tertiary/aromatic N) is 3. The predicted octanol–water partition coefficient (Wildman–Crippen LogP) is 1.29. The number of carbonyl (C=O) groups is 1. The number of hydrogen-bond donors (Lipinski definition) is 0. The van der Waals surface area contributed by atoms with E-state index >= 15 is 0 Å². The molecule has 0 spiro atoms. The van der Waals surface area contributed by atoms with Crippen LogP contribution in [0.2, 0.25) is 0 Å². The summed E-state index contributed by atoms with van der Waals surface area (Å²) in [5, 5.41) is 0.902. The smallest absolute Gasteiger partial charge is 0.264 e. The van der Waals surface area contributed by atoms with E-state index in [-0.39, 0.29) is 12.5 Å². The molecule has 2 heterocycles. The average Bonchev–Trinajstić information content (AvgIpc) is 2.32. The van der Waals surface area contributed by atoms with Crippen LogP contribution in [0.1, 0.15) is 5.82 Å². The summed E-state index contributed by atoms with van der Waals surface area (Å²) in [6.45, 7) is 1.93. The lowest BCUT2D eigenvalue weighted by Crippen LogP contribution is -2.35. The molecule has 86 valence electrons. The van der Waals surface area contributed by atoms with Gasteiger partial charge in [0.05, 0.1) is 11.2 Å². The van der Waals surface area contributed by atoms with Gasteiger partial charge in [-0.05, 0) is 13.0 Å². The van der Waals surface area contributed by atoms with Crippen molar-refractivity contribution in [3.63, 3.8) is 0 Å². The molecule has 1 aromatic heterocycles. The van der Waals surface area contributed by atoms with Crippen molar-refractivity contribution in [3.05, 3.63) is 24.2 Å². The van der Waals surface area contributed by atoms with Gasteiger partial charge in [-0.1, -0.05) is 0 Å². The van der Waals surface area contributed by atoms with Gasteiger partial charge in [0.1, 0.15) is 11.6 Å². The molecule has 5 nitrogen and oxygen atoms in total. The molecule has 0 N–H and O–H groups in total. The third-order valence-corrected chi connectivity index (χ3v) is 2.87. The summed E-state index contributed by atoms with van der Waals surface area (Å²) in [5.74, 6) is 1.36. The van der Waals surface area contributed by atoms with Crippen molar-refractivity contribution in [1.82, 2.24) is 9.97 Å². The van der Waals surface area contributed by atoms with Crippen LogP contribution in [0.15, 0.2) is 18.3 Å². The molecule has 0 aliphatic carbocycles. The second kappa shape index (κ2) is 3.41. The molecular formula is C12H11N3O2. The maximum absolute atomic E-state index is 11.5. The predicted molar refractivity (Wildman–Crippen MR) is 63.2 cm³/mol. The summed E-state index contributed by atoms with van der Waals surface area (Å²) in [6, 6.07) is 3.73. The van der Waals surface area contributed by atoms with Crippen molar-refractivity contribution >= 4 is 22.5 Å². The second-order valence-corrected chi connectivity index (χ2v) is 4.04. The maximum Gasteiger partial charge on any atom is 0.264 e. The Bertz CT molecular complexity index is 624. The summed E-state index contributed by atoms with van der Waals surface area (Å²) in [7, 11) is 1.74. The number of aryl methyl sites for hydroxylation is 1. The van der Waals surface area contributed by atoms with Gasteiger partial charge in [0.2, 0.25) is 0 Å². The van der Waals surface area contributed by atoms with E-state index in [1.807, 2.05) is 19.1 Å². The van der Waals surface area contributed by atoms with Crippen LogP contribution in [0.25, 0.3) is 10.9 Å². The second-order valence-electron chi connectivity index (χ2n) is 4.04. The number of hydrogen-bond acceptors (Lipinski definition) is 4. The maximum atomic E-state index is 11.5. The first-order valence-corrected chi connectivity index (χ1v) is 5.32. The molecule has 1 aromatic carbocycles. The highest BCUT2D eigenvalue weighted by molar-refractivity contribution is 6.00. The van der Waals surface area contributed by atoms with E-state index in [1.54, 1.807) is 18.1 Å². The summed E-state index contributed by atoms with van der Waals surface area (Å²) in [4.78, 5) is 21.6. The van der Waals surface area contributed by atoms with Crippen LogP contribution in [-0.2, 0) is 4.79 Å². The van der Waals surface area contributed by atoms with Crippen molar-refractivity contribution in [2.24, 2.45) is 0 Å². The van der Waals surface area contributed by atoms with E-state index in [0.717, 1.165) is 22.4 Å². The van der Waals surface area contributed by atoms with E-state index in [0.29, 0.717) is 5.75 Å². The number of amides is 1. The van der Waals surface area contributed by atoms with E-state index in [4.69, 9.17) is 4.74 Å². The van der Waals surface area contributed by atoms with Gasteiger partial charge in [-0.25, -0.2) is 9.97 Å². The van der Waals surface area contributed by atoms with Gasteiger partial charge in [-0.15, -0.1) is 0 Å². The Kier molecular flexibility index (Phi) is 2.01. The fraction of sp³-hybridized carbons (Fsp3) is 0.250. The lowest BCUT2D eigenvalue weighted by Gasteiger charge is -2.26. The molecular weight excluding hydrogens is 218 g/mol. The molecule has 0 saturated heterocycles. The lowest BCUT2D eigenvalue weighted by atomic mass is 10.1. The third-order valence-electron chi connectivity index (χ3n) is 2.87. The van der Waals surface area contributed by atoms with Crippen molar-refractivity contribution < 1.29 is 9.53 Å². The van der Waals surface area contributed by atoms with Crippen LogP contribution >= 0.6 is 0 Å².